The van der Waals surface area contributed by atoms with E-state index in [1.807, 2.05) is 16.7 Å². The van der Waals surface area contributed by atoms with Crippen LogP contribution in [0.2, 0.25) is 0 Å². The number of hydrogen-bond acceptors (Lipinski definition) is 3. The normalized spacial score (nSPS) is 14.9. The molecular weight excluding hydrogens is 443 g/mol. The minimum atomic E-state index is -1.03. The van der Waals surface area contributed by atoms with Crippen molar-refractivity contribution < 1.29 is 23.0 Å². The van der Waals surface area contributed by atoms with Gasteiger partial charge in [-0.15, -0.1) is 0 Å². The zero-order valence-corrected chi connectivity index (χ0v) is 18.0. The van der Waals surface area contributed by atoms with Crippen molar-refractivity contribution in [1.29, 1.82) is 0 Å². The molecule has 6 rings (SSSR count). The van der Waals surface area contributed by atoms with Crippen LogP contribution in [0.4, 0.5) is 13.2 Å². The van der Waals surface area contributed by atoms with E-state index in [-0.39, 0.29) is 11.7 Å². The second kappa shape index (κ2) is 7.92. The lowest BCUT2D eigenvalue weighted by atomic mass is 9.89. The Kier molecular flexibility index (Phi) is 4.84. The molecule has 34 heavy (non-hydrogen) atoms. The van der Waals surface area contributed by atoms with Crippen molar-refractivity contribution in [1.82, 2.24) is 14.8 Å². The molecule has 1 aliphatic rings. The molecule has 0 aliphatic carbocycles. The molecule has 1 saturated heterocycles. The molecule has 3 aromatic carbocycles. The maximum atomic E-state index is 14.5. The first-order valence-corrected chi connectivity index (χ1v) is 11.0. The molecule has 5 aromatic rings. The third-order valence-electron chi connectivity index (χ3n) is 6.56. The van der Waals surface area contributed by atoms with Crippen LogP contribution in [0.25, 0.3) is 38.6 Å². The fraction of sp³-hybridized carbons (Fsp3) is 0.192. The third kappa shape index (κ3) is 3.25. The van der Waals surface area contributed by atoms with E-state index in [2.05, 4.69) is 10.2 Å². The second-order valence-electron chi connectivity index (χ2n) is 8.57. The van der Waals surface area contributed by atoms with Gasteiger partial charge in [0.2, 0.25) is 0 Å². The standard InChI is InChI=1S/C26H20F3N3O2/c27-17-1-3-18(4-2-17)32-23-11-16-13-30-31-22(16)12-19(23)24(25(32)14-5-7-34-8-6-14)15-9-20(28)26(33)21(29)10-15/h1-4,9-14,33H,5-8H2,(H,30,31). The lowest BCUT2D eigenvalue weighted by molar-refractivity contribution is 0.0843. The number of halogens is 3. The van der Waals surface area contributed by atoms with E-state index in [1.165, 1.54) is 12.1 Å². The minimum Gasteiger partial charge on any atom is -0.503 e. The fourth-order valence-corrected chi connectivity index (χ4v) is 4.98. The van der Waals surface area contributed by atoms with Gasteiger partial charge in [-0.25, -0.2) is 13.2 Å². The van der Waals surface area contributed by atoms with Gasteiger partial charge >= 0.3 is 0 Å². The predicted molar refractivity (Wildman–Crippen MR) is 123 cm³/mol. The number of aromatic nitrogens is 3. The van der Waals surface area contributed by atoms with Crippen LogP contribution >= 0.6 is 0 Å². The van der Waals surface area contributed by atoms with Crippen LogP contribution in [-0.4, -0.2) is 33.1 Å². The van der Waals surface area contributed by atoms with Crippen molar-refractivity contribution in [2.45, 2.75) is 18.8 Å². The monoisotopic (exact) mass is 463 g/mol. The molecule has 0 atom stereocenters. The molecule has 172 valence electrons. The molecule has 0 bridgehead atoms. The first kappa shape index (κ1) is 20.8. The van der Waals surface area contributed by atoms with Crippen LogP contribution in [0.15, 0.2) is 54.7 Å². The Balaban J connectivity index is 1.76. The summed E-state index contributed by atoms with van der Waals surface area (Å²) in [6.07, 6.45) is 3.17. The van der Waals surface area contributed by atoms with Crippen LogP contribution in [-0.2, 0) is 4.74 Å². The summed E-state index contributed by atoms with van der Waals surface area (Å²) >= 11 is 0. The second-order valence-corrected chi connectivity index (χ2v) is 8.57. The summed E-state index contributed by atoms with van der Waals surface area (Å²) < 4.78 is 50.4. The van der Waals surface area contributed by atoms with E-state index in [1.54, 1.807) is 18.3 Å². The van der Waals surface area contributed by atoms with Crippen molar-refractivity contribution in [3.05, 3.63) is 77.9 Å². The van der Waals surface area contributed by atoms with E-state index in [0.29, 0.717) is 24.3 Å². The zero-order valence-electron chi connectivity index (χ0n) is 18.0. The van der Waals surface area contributed by atoms with Gasteiger partial charge < -0.3 is 14.4 Å². The maximum absolute atomic E-state index is 14.5. The Morgan fingerprint density at radius 1 is 0.971 bits per heavy atom. The molecule has 1 aliphatic heterocycles. The number of aromatic amines is 1. The van der Waals surface area contributed by atoms with Gasteiger partial charge in [-0.2, -0.15) is 5.10 Å². The molecule has 0 spiro atoms. The summed E-state index contributed by atoms with van der Waals surface area (Å²) in [5, 5.41) is 18.4. The highest BCUT2D eigenvalue weighted by atomic mass is 19.1. The largest absolute Gasteiger partial charge is 0.503 e. The van der Waals surface area contributed by atoms with Crippen LogP contribution in [0.5, 0.6) is 5.75 Å². The van der Waals surface area contributed by atoms with Gasteiger partial charge in [0.25, 0.3) is 0 Å². The van der Waals surface area contributed by atoms with Crippen LogP contribution in [0, 0.1) is 17.5 Å². The SMILES string of the molecule is Oc1c(F)cc(-c2c(C3CCOCC3)n(-c3ccc(F)cc3)c3cc4cn[nH]c4cc23)cc1F. The number of fused-ring (bicyclic) bond motifs is 2. The number of nitrogens with one attached hydrogen (secondary N) is 1. The topological polar surface area (TPSA) is 63.1 Å². The lowest BCUT2D eigenvalue weighted by Gasteiger charge is -2.26. The predicted octanol–water partition coefficient (Wildman–Crippen LogP) is 6.19. The molecule has 0 amide bonds. The number of phenols is 1. The van der Waals surface area contributed by atoms with Gasteiger partial charge in [-0.05, 0) is 66.9 Å². The maximum Gasteiger partial charge on any atom is 0.187 e. The smallest absolute Gasteiger partial charge is 0.187 e. The summed E-state index contributed by atoms with van der Waals surface area (Å²) in [5.74, 6) is -3.38. The van der Waals surface area contributed by atoms with Crippen molar-refractivity contribution in [2.24, 2.45) is 0 Å². The first-order chi connectivity index (χ1) is 16.5. The molecule has 2 N–H and O–H groups in total. The number of nitrogens with zero attached hydrogens (tertiary/aromatic N) is 2. The number of rotatable bonds is 3. The summed E-state index contributed by atoms with van der Waals surface area (Å²) in [6, 6.07) is 12.4. The van der Waals surface area contributed by atoms with Crippen molar-refractivity contribution in [3.63, 3.8) is 0 Å². The molecule has 3 heterocycles. The van der Waals surface area contributed by atoms with Gasteiger partial charge in [-0.3, -0.25) is 5.10 Å². The molecule has 0 unspecified atom stereocenters. The number of phenolic OH excluding ortho intramolecular Hbond substituents is 1. The summed E-state index contributed by atoms with van der Waals surface area (Å²) in [5.41, 5.74) is 4.19. The Morgan fingerprint density at radius 3 is 2.38 bits per heavy atom. The lowest BCUT2D eigenvalue weighted by Crippen LogP contribution is -2.17. The molecule has 0 saturated carbocycles. The van der Waals surface area contributed by atoms with Gasteiger partial charge in [0.05, 0.1) is 17.2 Å². The first-order valence-electron chi connectivity index (χ1n) is 11.0. The average molecular weight is 463 g/mol. The Labute approximate surface area is 192 Å². The Bertz CT molecular complexity index is 1510. The Hall–Kier alpha value is -3.78. The van der Waals surface area contributed by atoms with Crippen molar-refractivity contribution >= 4 is 21.8 Å². The highest BCUT2D eigenvalue weighted by molar-refractivity contribution is 6.05. The summed E-state index contributed by atoms with van der Waals surface area (Å²) in [7, 11) is 0. The Morgan fingerprint density at radius 2 is 1.68 bits per heavy atom. The van der Waals surface area contributed by atoms with E-state index in [4.69, 9.17) is 4.74 Å². The van der Waals surface area contributed by atoms with Gasteiger partial charge in [0, 0.05) is 46.8 Å². The van der Waals surface area contributed by atoms with E-state index in [9.17, 15) is 18.3 Å². The van der Waals surface area contributed by atoms with Gasteiger partial charge in [-0.1, -0.05) is 0 Å². The zero-order chi connectivity index (χ0) is 23.4. The average Bonchev–Trinajstić information content (AvgIpc) is 3.43. The van der Waals surface area contributed by atoms with Gasteiger partial charge in [0.15, 0.2) is 17.4 Å². The number of H-pyrrole nitrogens is 1. The van der Waals surface area contributed by atoms with E-state index in [0.717, 1.165) is 58.2 Å². The van der Waals surface area contributed by atoms with Crippen molar-refractivity contribution in [3.8, 4) is 22.6 Å². The van der Waals surface area contributed by atoms with Crippen LogP contribution in [0.3, 0.4) is 0 Å². The summed E-state index contributed by atoms with van der Waals surface area (Å²) in [6.45, 7) is 1.14. The highest BCUT2D eigenvalue weighted by Gasteiger charge is 2.29. The minimum absolute atomic E-state index is 0.0394. The van der Waals surface area contributed by atoms with Crippen LogP contribution in [0.1, 0.15) is 24.5 Å². The van der Waals surface area contributed by atoms with E-state index >= 15 is 0 Å². The number of hydrogen-bond donors (Lipinski definition) is 2. The molecule has 8 heteroatoms. The van der Waals surface area contributed by atoms with E-state index < -0.39 is 17.4 Å². The third-order valence-corrected chi connectivity index (χ3v) is 6.56. The number of aromatic hydroxyl groups is 1. The molecule has 5 nitrogen and oxygen atoms in total. The van der Waals surface area contributed by atoms with Crippen LogP contribution < -0.4 is 0 Å². The summed E-state index contributed by atoms with van der Waals surface area (Å²) in [4.78, 5) is 0. The number of ether oxygens (including phenoxy) is 1. The molecule has 0 radical (unpaired) electrons. The molecule has 1 fully saturated rings. The quantitative estimate of drug-likeness (QED) is 0.335. The van der Waals surface area contributed by atoms with Gasteiger partial charge in [0.1, 0.15) is 5.82 Å². The molecule has 2 aromatic heterocycles. The molecular formula is C26H20F3N3O2. The fourth-order valence-electron chi connectivity index (χ4n) is 4.98. The number of benzene rings is 3. The van der Waals surface area contributed by atoms with Crippen molar-refractivity contribution in [2.75, 3.05) is 13.2 Å². The highest BCUT2D eigenvalue weighted by Crippen LogP contribution is 2.45.